The molecule has 1 saturated heterocycles. The molecule has 1 aliphatic heterocycles. The summed E-state index contributed by atoms with van der Waals surface area (Å²) in [5, 5.41) is 4.54. The van der Waals surface area contributed by atoms with Gasteiger partial charge >= 0.3 is 0 Å². The highest BCUT2D eigenvalue weighted by molar-refractivity contribution is 5.34. The van der Waals surface area contributed by atoms with Gasteiger partial charge in [0.1, 0.15) is 0 Å². The maximum absolute atomic E-state index is 12.1. The first kappa shape index (κ1) is 13.4. The molecule has 0 bridgehead atoms. The minimum Gasteiger partial charge on any atom is -0.340 e. The molecule has 1 aliphatic carbocycles. The maximum Gasteiger partial charge on any atom is 0.267 e. The zero-order valence-electron chi connectivity index (χ0n) is 12.7. The number of aromatic nitrogens is 4. The van der Waals surface area contributed by atoms with E-state index >= 15 is 0 Å². The van der Waals surface area contributed by atoms with Gasteiger partial charge < -0.3 is 4.90 Å². The molecule has 0 unspecified atom stereocenters. The number of rotatable bonds is 3. The number of hydrogen-bond donors (Lipinski definition) is 0. The van der Waals surface area contributed by atoms with Gasteiger partial charge in [0.25, 0.3) is 5.56 Å². The third kappa shape index (κ3) is 2.38. The highest BCUT2D eigenvalue weighted by Gasteiger charge is 2.29. The highest BCUT2D eigenvalue weighted by Crippen LogP contribution is 2.22. The van der Waals surface area contributed by atoms with Crippen molar-refractivity contribution in [2.75, 3.05) is 18.0 Å². The second-order valence-electron chi connectivity index (χ2n) is 6.26. The molecular weight excluding hydrogens is 278 g/mol. The van der Waals surface area contributed by atoms with Crippen molar-refractivity contribution in [3.63, 3.8) is 0 Å². The molecule has 2 aromatic rings. The standard InChI is InChI=1S/C16H19N5O/c1-11-5-6-17-16(18-11)20-8-12(9-20)10-21-15(22)7-13-3-2-4-14(13)19-21/h5-7,12H,2-4,8-10H2,1H3. The van der Waals surface area contributed by atoms with Crippen molar-refractivity contribution >= 4 is 5.95 Å². The smallest absolute Gasteiger partial charge is 0.267 e. The van der Waals surface area contributed by atoms with Gasteiger partial charge in [-0.2, -0.15) is 5.10 Å². The van der Waals surface area contributed by atoms with E-state index in [2.05, 4.69) is 20.0 Å². The lowest BCUT2D eigenvalue weighted by Crippen LogP contribution is -2.50. The fourth-order valence-electron chi connectivity index (χ4n) is 3.25. The van der Waals surface area contributed by atoms with Crippen molar-refractivity contribution < 1.29 is 0 Å². The third-order valence-electron chi connectivity index (χ3n) is 4.48. The number of hydrogen-bond acceptors (Lipinski definition) is 5. The van der Waals surface area contributed by atoms with Crippen molar-refractivity contribution in [2.24, 2.45) is 5.92 Å². The monoisotopic (exact) mass is 297 g/mol. The summed E-state index contributed by atoms with van der Waals surface area (Å²) in [6, 6.07) is 3.67. The van der Waals surface area contributed by atoms with E-state index in [1.807, 2.05) is 13.0 Å². The van der Waals surface area contributed by atoms with Gasteiger partial charge in [0, 0.05) is 37.0 Å². The van der Waals surface area contributed by atoms with Crippen molar-refractivity contribution in [3.05, 3.63) is 45.6 Å². The van der Waals surface area contributed by atoms with Gasteiger partial charge in [0.2, 0.25) is 5.95 Å². The summed E-state index contributed by atoms with van der Waals surface area (Å²) in [4.78, 5) is 23.0. The lowest BCUT2D eigenvalue weighted by molar-refractivity contribution is 0.329. The molecule has 4 rings (SSSR count). The second kappa shape index (κ2) is 5.19. The Labute approximate surface area is 128 Å². The molecule has 0 N–H and O–H groups in total. The summed E-state index contributed by atoms with van der Waals surface area (Å²) in [5.74, 6) is 1.22. The van der Waals surface area contributed by atoms with Gasteiger partial charge in [-0.15, -0.1) is 0 Å². The molecule has 0 saturated carbocycles. The van der Waals surface area contributed by atoms with Crippen LogP contribution in [0, 0.1) is 12.8 Å². The predicted octanol–water partition coefficient (Wildman–Crippen LogP) is 0.967. The van der Waals surface area contributed by atoms with E-state index < -0.39 is 0 Å². The number of aryl methyl sites for hydroxylation is 3. The van der Waals surface area contributed by atoms with E-state index in [0.717, 1.165) is 55.3 Å². The van der Waals surface area contributed by atoms with E-state index in [-0.39, 0.29) is 5.56 Å². The lowest BCUT2D eigenvalue weighted by Gasteiger charge is -2.39. The van der Waals surface area contributed by atoms with Crippen molar-refractivity contribution in [1.29, 1.82) is 0 Å². The van der Waals surface area contributed by atoms with Gasteiger partial charge in [0.15, 0.2) is 0 Å². The first-order valence-corrected chi connectivity index (χ1v) is 7.83. The Balaban J connectivity index is 1.43. The highest BCUT2D eigenvalue weighted by atomic mass is 16.1. The van der Waals surface area contributed by atoms with Gasteiger partial charge in [-0.25, -0.2) is 14.6 Å². The molecule has 0 aromatic carbocycles. The molecule has 2 aliphatic rings. The summed E-state index contributed by atoms with van der Waals surface area (Å²) in [7, 11) is 0. The normalized spacial score (nSPS) is 17.4. The first-order chi connectivity index (χ1) is 10.7. The van der Waals surface area contributed by atoms with E-state index in [4.69, 9.17) is 0 Å². The minimum atomic E-state index is 0.0332. The van der Waals surface area contributed by atoms with Crippen LogP contribution in [0.5, 0.6) is 0 Å². The molecule has 6 heteroatoms. The SMILES string of the molecule is Cc1ccnc(N2CC(Cn3nc4c(cc3=O)CCC4)C2)n1. The van der Waals surface area contributed by atoms with Gasteiger partial charge in [-0.3, -0.25) is 4.79 Å². The van der Waals surface area contributed by atoms with E-state index in [0.29, 0.717) is 12.5 Å². The number of anilines is 1. The zero-order chi connectivity index (χ0) is 15.1. The van der Waals surface area contributed by atoms with Crippen LogP contribution >= 0.6 is 0 Å². The second-order valence-corrected chi connectivity index (χ2v) is 6.26. The minimum absolute atomic E-state index is 0.0332. The van der Waals surface area contributed by atoms with Crippen LogP contribution in [-0.2, 0) is 19.4 Å². The Bertz CT molecular complexity index is 763. The molecule has 1 fully saturated rings. The van der Waals surface area contributed by atoms with Crippen LogP contribution in [0.2, 0.25) is 0 Å². The summed E-state index contributed by atoms with van der Waals surface area (Å²) >= 11 is 0. The topological polar surface area (TPSA) is 63.9 Å². The largest absolute Gasteiger partial charge is 0.340 e. The Morgan fingerprint density at radius 1 is 1.32 bits per heavy atom. The lowest BCUT2D eigenvalue weighted by atomic mass is 10.0. The van der Waals surface area contributed by atoms with Crippen molar-refractivity contribution in [3.8, 4) is 0 Å². The van der Waals surface area contributed by atoms with E-state index in [1.165, 1.54) is 0 Å². The third-order valence-corrected chi connectivity index (χ3v) is 4.48. The first-order valence-electron chi connectivity index (χ1n) is 7.83. The van der Waals surface area contributed by atoms with Crippen LogP contribution in [0.15, 0.2) is 23.1 Å². The fraction of sp³-hybridized carbons (Fsp3) is 0.500. The molecule has 0 amide bonds. The Morgan fingerprint density at radius 3 is 3.00 bits per heavy atom. The van der Waals surface area contributed by atoms with Crippen LogP contribution in [0.25, 0.3) is 0 Å². The summed E-state index contributed by atoms with van der Waals surface area (Å²) in [6.07, 6.45) is 4.91. The molecule has 6 nitrogen and oxygen atoms in total. The molecule has 0 spiro atoms. The predicted molar refractivity (Wildman–Crippen MR) is 83.0 cm³/mol. The quantitative estimate of drug-likeness (QED) is 0.844. The maximum atomic E-state index is 12.1. The Kier molecular flexibility index (Phi) is 3.17. The van der Waals surface area contributed by atoms with Crippen LogP contribution in [0.3, 0.4) is 0 Å². The van der Waals surface area contributed by atoms with Crippen LogP contribution in [0.1, 0.15) is 23.4 Å². The number of fused-ring (bicyclic) bond motifs is 1. The van der Waals surface area contributed by atoms with E-state index in [1.54, 1.807) is 16.9 Å². The zero-order valence-corrected chi connectivity index (χ0v) is 12.7. The summed E-state index contributed by atoms with van der Waals surface area (Å²) in [6.45, 7) is 4.42. The Morgan fingerprint density at radius 2 is 2.18 bits per heavy atom. The molecule has 3 heterocycles. The molecule has 0 atom stereocenters. The average molecular weight is 297 g/mol. The molecule has 114 valence electrons. The van der Waals surface area contributed by atoms with Crippen molar-refractivity contribution in [1.82, 2.24) is 19.7 Å². The molecule has 2 aromatic heterocycles. The van der Waals surface area contributed by atoms with Gasteiger partial charge in [-0.05, 0) is 37.8 Å². The van der Waals surface area contributed by atoms with Crippen LogP contribution in [-0.4, -0.2) is 32.8 Å². The molecule has 22 heavy (non-hydrogen) atoms. The molecular formula is C16H19N5O. The Hall–Kier alpha value is -2.24. The van der Waals surface area contributed by atoms with E-state index in [9.17, 15) is 4.79 Å². The number of nitrogens with zero attached hydrogens (tertiary/aromatic N) is 5. The van der Waals surface area contributed by atoms with Gasteiger partial charge in [-0.1, -0.05) is 0 Å². The van der Waals surface area contributed by atoms with Crippen LogP contribution < -0.4 is 10.5 Å². The summed E-state index contributed by atoms with van der Waals surface area (Å²) in [5.41, 5.74) is 3.26. The fourth-order valence-corrected chi connectivity index (χ4v) is 3.25. The summed E-state index contributed by atoms with van der Waals surface area (Å²) < 4.78 is 1.64. The van der Waals surface area contributed by atoms with Crippen molar-refractivity contribution in [2.45, 2.75) is 32.7 Å². The average Bonchev–Trinajstić information content (AvgIpc) is 2.89. The van der Waals surface area contributed by atoms with Crippen LogP contribution in [0.4, 0.5) is 5.95 Å². The van der Waals surface area contributed by atoms with Gasteiger partial charge in [0.05, 0.1) is 12.2 Å². The molecule has 0 radical (unpaired) electrons.